The highest BCUT2D eigenvalue weighted by molar-refractivity contribution is 9.10. The van der Waals surface area contributed by atoms with Crippen LogP contribution in [0.1, 0.15) is 17.7 Å². The van der Waals surface area contributed by atoms with E-state index in [-0.39, 0.29) is 4.47 Å². The third-order valence-corrected chi connectivity index (χ3v) is 2.08. The summed E-state index contributed by atoms with van der Waals surface area (Å²) < 4.78 is 24.5. The summed E-state index contributed by atoms with van der Waals surface area (Å²) in [5.74, 6) is -0.657. The van der Waals surface area contributed by atoms with Gasteiger partial charge in [0.15, 0.2) is 0 Å². The standard InChI is InChI=1S/C7H2BrF2N3O2/c8-4-1-3(6(9)10)5(2-11)12-7(4)13(14)15/h1,6H. The van der Waals surface area contributed by atoms with E-state index in [0.717, 1.165) is 6.07 Å². The van der Waals surface area contributed by atoms with E-state index in [1.54, 1.807) is 0 Å². The van der Waals surface area contributed by atoms with Crippen LogP contribution in [0.25, 0.3) is 0 Å². The molecule has 0 atom stereocenters. The fourth-order valence-corrected chi connectivity index (χ4v) is 1.36. The van der Waals surface area contributed by atoms with E-state index in [0.29, 0.717) is 0 Å². The summed E-state index contributed by atoms with van der Waals surface area (Å²) >= 11 is 2.73. The molecule has 8 heteroatoms. The average molecular weight is 278 g/mol. The normalized spacial score (nSPS) is 10.1. The number of alkyl halides is 2. The molecule has 0 aliphatic heterocycles. The zero-order valence-corrected chi connectivity index (χ0v) is 8.53. The number of nitro groups is 1. The highest BCUT2D eigenvalue weighted by Crippen LogP contribution is 2.30. The van der Waals surface area contributed by atoms with Gasteiger partial charge in [0.1, 0.15) is 10.5 Å². The minimum atomic E-state index is -2.90. The van der Waals surface area contributed by atoms with Crippen LogP contribution in [0.15, 0.2) is 10.5 Å². The first-order valence-electron chi connectivity index (χ1n) is 3.50. The summed E-state index contributed by atoms with van der Waals surface area (Å²) in [7, 11) is 0. The van der Waals surface area contributed by atoms with Crippen molar-refractivity contribution in [2.45, 2.75) is 6.43 Å². The van der Waals surface area contributed by atoms with Crippen molar-refractivity contribution in [2.75, 3.05) is 0 Å². The van der Waals surface area contributed by atoms with E-state index >= 15 is 0 Å². The molecular weight excluding hydrogens is 276 g/mol. The average Bonchev–Trinajstić information content (AvgIpc) is 2.16. The van der Waals surface area contributed by atoms with Crippen LogP contribution in [-0.2, 0) is 0 Å². The molecule has 1 heterocycles. The maximum Gasteiger partial charge on any atom is 0.379 e. The number of rotatable bonds is 2. The van der Waals surface area contributed by atoms with Gasteiger partial charge in [-0.25, -0.2) is 8.78 Å². The van der Waals surface area contributed by atoms with Crippen molar-refractivity contribution in [3.8, 4) is 6.07 Å². The van der Waals surface area contributed by atoms with E-state index in [4.69, 9.17) is 5.26 Å². The van der Waals surface area contributed by atoms with Gasteiger partial charge in [-0.15, -0.1) is 0 Å². The highest BCUT2D eigenvalue weighted by Gasteiger charge is 2.24. The summed E-state index contributed by atoms with van der Waals surface area (Å²) in [6.07, 6.45) is -2.90. The number of halogens is 3. The first kappa shape index (κ1) is 11.5. The summed E-state index contributed by atoms with van der Waals surface area (Å²) in [4.78, 5) is 12.8. The molecule has 0 saturated heterocycles. The second-order valence-electron chi connectivity index (χ2n) is 2.40. The molecule has 1 rings (SSSR count). The van der Waals surface area contributed by atoms with Gasteiger partial charge in [0, 0.05) is 0 Å². The van der Waals surface area contributed by atoms with Crippen molar-refractivity contribution in [2.24, 2.45) is 0 Å². The van der Waals surface area contributed by atoms with Crippen LogP contribution in [0, 0.1) is 21.4 Å². The lowest BCUT2D eigenvalue weighted by Crippen LogP contribution is -2.00. The molecule has 5 nitrogen and oxygen atoms in total. The van der Waals surface area contributed by atoms with E-state index in [1.165, 1.54) is 6.07 Å². The Morgan fingerprint density at radius 1 is 1.67 bits per heavy atom. The zero-order valence-electron chi connectivity index (χ0n) is 6.95. The maximum absolute atomic E-state index is 12.3. The SMILES string of the molecule is N#Cc1nc([N+](=O)[O-])c(Br)cc1C(F)F. The largest absolute Gasteiger partial charge is 0.379 e. The van der Waals surface area contributed by atoms with Gasteiger partial charge in [-0.05, 0) is 31.9 Å². The van der Waals surface area contributed by atoms with E-state index < -0.39 is 28.4 Å². The molecule has 0 fully saturated rings. The molecule has 0 saturated carbocycles. The number of hydrogen-bond donors (Lipinski definition) is 0. The molecule has 0 spiro atoms. The van der Waals surface area contributed by atoms with Crippen molar-refractivity contribution in [3.05, 3.63) is 31.9 Å². The molecule has 15 heavy (non-hydrogen) atoms. The van der Waals surface area contributed by atoms with E-state index in [9.17, 15) is 18.9 Å². The Morgan fingerprint density at radius 3 is 2.67 bits per heavy atom. The molecule has 78 valence electrons. The third-order valence-electron chi connectivity index (χ3n) is 1.50. The fraction of sp³-hybridized carbons (Fsp3) is 0.143. The summed E-state index contributed by atoms with van der Waals surface area (Å²) in [6, 6.07) is 2.21. The topological polar surface area (TPSA) is 79.8 Å². The summed E-state index contributed by atoms with van der Waals surface area (Å²) in [5, 5.41) is 18.9. The Morgan fingerprint density at radius 2 is 2.27 bits per heavy atom. The molecule has 0 unspecified atom stereocenters. The minimum absolute atomic E-state index is 0.179. The van der Waals surface area contributed by atoms with E-state index in [2.05, 4.69) is 20.9 Å². The van der Waals surface area contributed by atoms with Crippen LogP contribution in [0.3, 0.4) is 0 Å². The fourth-order valence-electron chi connectivity index (χ4n) is 0.877. The zero-order chi connectivity index (χ0) is 11.6. The first-order valence-corrected chi connectivity index (χ1v) is 4.29. The second-order valence-corrected chi connectivity index (χ2v) is 3.26. The molecular formula is C7H2BrF2N3O2. The second kappa shape index (κ2) is 4.27. The van der Waals surface area contributed by atoms with Crippen LogP contribution in [-0.4, -0.2) is 9.91 Å². The molecule has 0 radical (unpaired) electrons. The van der Waals surface area contributed by atoms with Crippen molar-refractivity contribution in [3.63, 3.8) is 0 Å². The van der Waals surface area contributed by atoms with Crippen LogP contribution in [0.5, 0.6) is 0 Å². The number of nitrogens with zero attached hydrogens (tertiary/aromatic N) is 3. The lowest BCUT2D eigenvalue weighted by atomic mass is 10.2. The number of aromatic nitrogens is 1. The summed E-state index contributed by atoms with van der Waals surface area (Å²) in [6.45, 7) is 0. The molecule has 0 amide bonds. The molecule has 0 bridgehead atoms. The van der Waals surface area contributed by atoms with Crippen LogP contribution < -0.4 is 0 Å². The van der Waals surface area contributed by atoms with Crippen LogP contribution >= 0.6 is 15.9 Å². The molecule has 0 aliphatic rings. The Balaban J connectivity index is 3.44. The third kappa shape index (κ3) is 2.24. The molecule has 0 aliphatic carbocycles. The van der Waals surface area contributed by atoms with Crippen molar-refractivity contribution in [1.82, 2.24) is 4.98 Å². The van der Waals surface area contributed by atoms with Crippen molar-refractivity contribution in [1.29, 1.82) is 5.26 Å². The van der Waals surface area contributed by atoms with Crippen LogP contribution in [0.2, 0.25) is 0 Å². The maximum atomic E-state index is 12.3. The van der Waals surface area contributed by atoms with Crippen LogP contribution in [0.4, 0.5) is 14.6 Å². The lowest BCUT2D eigenvalue weighted by molar-refractivity contribution is -0.390. The van der Waals surface area contributed by atoms with Crippen molar-refractivity contribution < 1.29 is 13.7 Å². The molecule has 1 aromatic heterocycles. The monoisotopic (exact) mass is 277 g/mol. The van der Waals surface area contributed by atoms with Gasteiger partial charge in [-0.3, -0.25) is 0 Å². The Labute approximate surface area is 90.6 Å². The summed E-state index contributed by atoms with van der Waals surface area (Å²) in [5.41, 5.74) is -1.27. The predicted octanol–water partition coefficient (Wildman–Crippen LogP) is 2.56. The van der Waals surface area contributed by atoms with Gasteiger partial charge in [-0.2, -0.15) is 5.26 Å². The van der Waals surface area contributed by atoms with Gasteiger partial charge >= 0.3 is 5.82 Å². The van der Waals surface area contributed by atoms with Crippen molar-refractivity contribution >= 4 is 21.7 Å². The number of nitriles is 1. The highest BCUT2D eigenvalue weighted by atomic mass is 79.9. The predicted molar refractivity (Wildman–Crippen MR) is 48.3 cm³/mol. The number of hydrogen-bond acceptors (Lipinski definition) is 4. The van der Waals surface area contributed by atoms with Gasteiger partial charge < -0.3 is 10.1 Å². The quantitative estimate of drug-likeness (QED) is 0.615. The molecule has 1 aromatic rings. The Kier molecular flexibility index (Phi) is 3.26. The minimum Gasteiger partial charge on any atom is -0.358 e. The van der Waals surface area contributed by atoms with Gasteiger partial charge in [0.2, 0.25) is 0 Å². The van der Waals surface area contributed by atoms with Gasteiger partial charge in [0.25, 0.3) is 12.1 Å². The number of pyridine rings is 1. The Hall–Kier alpha value is -1.62. The first-order chi connectivity index (χ1) is 6.97. The lowest BCUT2D eigenvalue weighted by Gasteiger charge is -2.00. The molecule has 0 N–H and O–H groups in total. The van der Waals surface area contributed by atoms with Gasteiger partial charge in [-0.1, -0.05) is 0 Å². The Bertz CT molecular complexity index is 458. The van der Waals surface area contributed by atoms with E-state index in [1.807, 2.05) is 0 Å². The smallest absolute Gasteiger partial charge is 0.358 e. The molecule has 0 aromatic carbocycles. The van der Waals surface area contributed by atoms with Gasteiger partial charge in [0.05, 0.1) is 5.56 Å².